The van der Waals surface area contributed by atoms with Crippen LogP contribution in [0.15, 0.2) is 12.1 Å². The summed E-state index contributed by atoms with van der Waals surface area (Å²) in [5.41, 5.74) is 11.5. The maximum atomic E-state index is 12.9. The molecule has 62 valence electrons. The van der Waals surface area contributed by atoms with Crippen molar-refractivity contribution in [1.82, 2.24) is 0 Å². The number of halogens is 1. The van der Waals surface area contributed by atoms with E-state index < -0.39 is 5.82 Å². The largest absolute Gasteiger partial charge is 0.397 e. The van der Waals surface area contributed by atoms with Crippen LogP contribution in [0, 0.1) is 17.1 Å². The van der Waals surface area contributed by atoms with Gasteiger partial charge in [-0.15, -0.1) is 0 Å². The van der Waals surface area contributed by atoms with Gasteiger partial charge < -0.3 is 11.5 Å². The Morgan fingerprint density at radius 2 is 1.92 bits per heavy atom. The van der Waals surface area contributed by atoms with Crippen LogP contribution in [0.4, 0.5) is 15.8 Å². The van der Waals surface area contributed by atoms with Gasteiger partial charge in [-0.2, -0.15) is 5.26 Å². The molecule has 4 heteroatoms. The molecule has 0 amide bonds. The monoisotopic (exact) mass is 165 g/mol. The first-order chi connectivity index (χ1) is 5.65. The van der Waals surface area contributed by atoms with Crippen LogP contribution >= 0.6 is 0 Å². The highest BCUT2D eigenvalue weighted by atomic mass is 19.1. The number of nitrogen functional groups attached to an aromatic ring is 2. The van der Waals surface area contributed by atoms with Gasteiger partial charge in [0.25, 0.3) is 0 Å². The van der Waals surface area contributed by atoms with Gasteiger partial charge in [0.05, 0.1) is 23.9 Å². The summed E-state index contributed by atoms with van der Waals surface area (Å²) in [6.07, 6.45) is 0.0102. The van der Waals surface area contributed by atoms with Crippen LogP contribution in [0.2, 0.25) is 0 Å². The Bertz CT molecular complexity index is 341. The van der Waals surface area contributed by atoms with Crippen molar-refractivity contribution in [2.75, 3.05) is 11.5 Å². The van der Waals surface area contributed by atoms with Crippen molar-refractivity contribution >= 4 is 11.4 Å². The molecule has 0 radical (unpaired) electrons. The third-order valence-electron chi connectivity index (χ3n) is 1.52. The summed E-state index contributed by atoms with van der Waals surface area (Å²) in [5.74, 6) is -0.483. The van der Waals surface area contributed by atoms with E-state index >= 15 is 0 Å². The molecule has 0 aromatic heterocycles. The smallest absolute Gasteiger partial charge is 0.129 e. The maximum Gasteiger partial charge on any atom is 0.129 e. The van der Waals surface area contributed by atoms with Gasteiger partial charge in [0.15, 0.2) is 0 Å². The molecule has 0 spiro atoms. The van der Waals surface area contributed by atoms with Crippen molar-refractivity contribution in [2.24, 2.45) is 0 Å². The molecule has 12 heavy (non-hydrogen) atoms. The highest BCUT2D eigenvalue weighted by Gasteiger charge is 2.04. The molecule has 1 rings (SSSR count). The minimum Gasteiger partial charge on any atom is -0.397 e. The highest BCUT2D eigenvalue weighted by molar-refractivity contribution is 5.64. The van der Waals surface area contributed by atoms with Crippen LogP contribution in [-0.4, -0.2) is 0 Å². The topological polar surface area (TPSA) is 75.8 Å². The number of rotatable bonds is 1. The van der Waals surface area contributed by atoms with E-state index in [1.54, 1.807) is 0 Å². The lowest BCUT2D eigenvalue weighted by molar-refractivity contribution is 0.616. The first-order valence-corrected chi connectivity index (χ1v) is 3.35. The molecule has 0 saturated carbocycles. The van der Waals surface area contributed by atoms with Crippen LogP contribution in [0.5, 0.6) is 0 Å². The Labute approximate surface area is 69.4 Å². The molecule has 0 bridgehead atoms. The number of anilines is 2. The zero-order valence-electron chi connectivity index (χ0n) is 6.34. The third-order valence-corrected chi connectivity index (χ3v) is 1.52. The third kappa shape index (κ3) is 1.45. The lowest BCUT2D eigenvalue weighted by atomic mass is 10.1. The first kappa shape index (κ1) is 8.34. The molecule has 0 aliphatic rings. The number of nitrogens with two attached hydrogens (primary N) is 2. The predicted octanol–water partition coefficient (Wildman–Crippen LogP) is 1.06. The molecular formula is C8H8FN3. The van der Waals surface area contributed by atoms with E-state index in [-0.39, 0.29) is 17.7 Å². The van der Waals surface area contributed by atoms with Gasteiger partial charge in [0, 0.05) is 5.56 Å². The van der Waals surface area contributed by atoms with Crippen LogP contribution in [-0.2, 0) is 6.42 Å². The molecular weight excluding hydrogens is 157 g/mol. The molecule has 0 aliphatic heterocycles. The minimum atomic E-state index is -0.483. The van der Waals surface area contributed by atoms with Crippen molar-refractivity contribution in [1.29, 1.82) is 5.26 Å². The van der Waals surface area contributed by atoms with Crippen molar-refractivity contribution in [3.8, 4) is 6.07 Å². The average Bonchev–Trinajstić information content (AvgIpc) is 2.01. The van der Waals surface area contributed by atoms with Crippen molar-refractivity contribution < 1.29 is 4.39 Å². The van der Waals surface area contributed by atoms with E-state index in [1.807, 2.05) is 6.07 Å². The number of nitrogens with zero attached hydrogens (tertiary/aromatic N) is 1. The summed E-state index contributed by atoms with van der Waals surface area (Å²) < 4.78 is 12.9. The van der Waals surface area contributed by atoms with E-state index in [9.17, 15) is 4.39 Å². The molecule has 1 aromatic rings. The molecule has 0 fully saturated rings. The average molecular weight is 165 g/mol. The molecule has 0 saturated heterocycles. The van der Waals surface area contributed by atoms with Crippen LogP contribution in [0.25, 0.3) is 0 Å². The van der Waals surface area contributed by atoms with E-state index in [4.69, 9.17) is 16.7 Å². The number of nitriles is 1. The molecule has 0 aliphatic carbocycles. The van der Waals surface area contributed by atoms with E-state index in [1.165, 1.54) is 6.07 Å². The Morgan fingerprint density at radius 1 is 1.33 bits per heavy atom. The van der Waals surface area contributed by atoms with Gasteiger partial charge >= 0.3 is 0 Å². The number of benzene rings is 1. The zero-order chi connectivity index (χ0) is 9.14. The second-order valence-electron chi connectivity index (χ2n) is 2.41. The van der Waals surface area contributed by atoms with Crippen molar-refractivity contribution in [2.45, 2.75) is 6.42 Å². The molecule has 0 heterocycles. The second-order valence-corrected chi connectivity index (χ2v) is 2.41. The first-order valence-electron chi connectivity index (χ1n) is 3.35. The van der Waals surface area contributed by atoms with Gasteiger partial charge in [-0.25, -0.2) is 4.39 Å². The van der Waals surface area contributed by atoms with Crippen LogP contribution in [0.1, 0.15) is 5.56 Å². The molecule has 4 N–H and O–H groups in total. The fraction of sp³-hybridized carbons (Fsp3) is 0.125. The quantitative estimate of drug-likeness (QED) is 0.611. The van der Waals surface area contributed by atoms with Gasteiger partial charge in [-0.05, 0) is 12.1 Å². The van der Waals surface area contributed by atoms with Gasteiger partial charge in [-0.1, -0.05) is 0 Å². The van der Waals surface area contributed by atoms with Gasteiger partial charge in [0.2, 0.25) is 0 Å². The van der Waals surface area contributed by atoms with E-state index in [0.717, 1.165) is 6.07 Å². The Kier molecular flexibility index (Phi) is 2.15. The predicted molar refractivity (Wildman–Crippen MR) is 44.5 cm³/mol. The lowest BCUT2D eigenvalue weighted by Gasteiger charge is -2.02. The van der Waals surface area contributed by atoms with Gasteiger partial charge in [0.1, 0.15) is 5.82 Å². The van der Waals surface area contributed by atoms with Crippen molar-refractivity contribution in [3.63, 3.8) is 0 Å². The normalized spacial score (nSPS) is 9.33. The SMILES string of the molecule is N#CCc1cc(N)c(N)cc1F. The molecule has 0 atom stereocenters. The summed E-state index contributed by atoms with van der Waals surface area (Å²) >= 11 is 0. The standard InChI is InChI=1S/C8H8FN3/c9-6-4-8(12)7(11)3-5(6)1-2-10/h3-4H,1,11-12H2. The van der Waals surface area contributed by atoms with E-state index in [0.29, 0.717) is 5.69 Å². The summed E-state index contributed by atoms with van der Waals surface area (Å²) in [6, 6.07) is 4.34. The highest BCUT2D eigenvalue weighted by Crippen LogP contribution is 2.19. The molecule has 0 unspecified atom stereocenters. The van der Waals surface area contributed by atoms with E-state index in [2.05, 4.69) is 0 Å². The summed E-state index contributed by atoms with van der Waals surface area (Å²) in [7, 11) is 0. The fourth-order valence-electron chi connectivity index (χ4n) is 0.873. The molecule has 1 aromatic carbocycles. The minimum absolute atomic E-state index is 0.0102. The van der Waals surface area contributed by atoms with Crippen LogP contribution < -0.4 is 11.5 Å². The second kappa shape index (κ2) is 3.09. The van der Waals surface area contributed by atoms with Gasteiger partial charge in [-0.3, -0.25) is 0 Å². The zero-order valence-corrected chi connectivity index (χ0v) is 6.34. The Hall–Kier alpha value is -1.76. The number of hydrogen-bond donors (Lipinski definition) is 2. The maximum absolute atomic E-state index is 12.9. The van der Waals surface area contributed by atoms with Crippen molar-refractivity contribution in [3.05, 3.63) is 23.5 Å². The van der Waals surface area contributed by atoms with Crippen LogP contribution in [0.3, 0.4) is 0 Å². The molecule has 3 nitrogen and oxygen atoms in total. The number of hydrogen-bond acceptors (Lipinski definition) is 3. The Morgan fingerprint density at radius 3 is 2.50 bits per heavy atom. The summed E-state index contributed by atoms with van der Waals surface area (Å²) in [6.45, 7) is 0. The fourth-order valence-corrected chi connectivity index (χ4v) is 0.873. The summed E-state index contributed by atoms with van der Waals surface area (Å²) in [5, 5.41) is 8.32. The summed E-state index contributed by atoms with van der Waals surface area (Å²) in [4.78, 5) is 0. The lowest BCUT2D eigenvalue weighted by Crippen LogP contribution is -1.98. The Balaban J connectivity index is 3.16.